The lowest BCUT2D eigenvalue weighted by Crippen LogP contribution is -2.51. The summed E-state index contributed by atoms with van der Waals surface area (Å²) in [6, 6.07) is 3.18. The van der Waals surface area contributed by atoms with Crippen molar-refractivity contribution in [2.24, 2.45) is 0 Å². The molecule has 0 saturated carbocycles. The molecule has 104 valence electrons. The number of hydrogen-bond acceptors (Lipinski definition) is 4. The highest BCUT2D eigenvalue weighted by atomic mass is 16.4. The van der Waals surface area contributed by atoms with Crippen molar-refractivity contribution in [1.29, 1.82) is 0 Å². The lowest BCUT2D eigenvalue weighted by atomic mass is 9.89. The minimum Gasteiger partial charge on any atom is -0.478 e. The van der Waals surface area contributed by atoms with Crippen LogP contribution in [0, 0.1) is 0 Å². The van der Waals surface area contributed by atoms with E-state index in [0.717, 1.165) is 38.3 Å². The fourth-order valence-electron chi connectivity index (χ4n) is 2.56. The van der Waals surface area contributed by atoms with Gasteiger partial charge in [0, 0.05) is 24.8 Å². The zero-order valence-electron chi connectivity index (χ0n) is 11.5. The molecular weight excluding hydrogens is 242 g/mol. The molecule has 2 N–H and O–H groups in total. The Kier molecular flexibility index (Phi) is 4.04. The van der Waals surface area contributed by atoms with Crippen molar-refractivity contribution in [2.75, 3.05) is 24.5 Å². The Hall–Kier alpha value is -1.62. The molecule has 2 heterocycles. The predicted octanol–water partition coefficient (Wildman–Crippen LogP) is 1.75. The Labute approximate surface area is 113 Å². The quantitative estimate of drug-likeness (QED) is 0.866. The number of carboxylic acids is 1. The molecule has 1 saturated heterocycles. The Morgan fingerprint density at radius 3 is 2.79 bits per heavy atom. The van der Waals surface area contributed by atoms with Crippen LogP contribution < -0.4 is 10.2 Å². The molecule has 1 aliphatic rings. The Morgan fingerprint density at radius 2 is 2.21 bits per heavy atom. The first-order valence-corrected chi connectivity index (χ1v) is 6.73. The first kappa shape index (κ1) is 13.8. The molecular formula is C14H21N3O2. The number of nitrogens with one attached hydrogen (secondary N) is 1. The molecule has 0 atom stereocenters. The van der Waals surface area contributed by atoms with Crippen molar-refractivity contribution in [3.8, 4) is 0 Å². The first-order valence-electron chi connectivity index (χ1n) is 6.73. The molecule has 0 radical (unpaired) electrons. The van der Waals surface area contributed by atoms with Crippen LogP contribution in [0.4, 0.5) is 5.82 Å². The number of nitrogens with zero attached hydrogens (tertiary/aromatic N) is 2. The maximum absolute atomic E-state index is 11.0. The van der Waals surface area contributed by atoms with Crippen molar-refractivity contribution in [2.45, 2.75) is 32.2 Å². The van der Waals surface area contributed by atoms with Gasteiger partial charge in [0.1, 0.15) is 5.82 Å². The second-order valence-electron chi connectivity index (χ2n) is 5.29. The van der Waals surface area contributed by atoms with Crippen molar-refractivity contribution >= 4 is 11.8 Å². The van der Waals surface area contributed by atoms with Crippen LogP contribution in [0.3, 0.4) is 0 Å². The highest BCUT2D eigenvalue weighted by Crippen LogP contribution is 2.25. The topological polar surface area (TPSA) is 65.5 Å². The van der Waals surface area contributed by atoms with Gasteiger partial charge in [-0.15, -0.1) is 0 Å². The molecule has 0 spiro atoms. The number of pyridine rings is 1. The fraction of sp³-hybridized carbons (Fsp3) is 0.571. The van der Waals surface area contributed by atoms with E-state index in [1.165, 1.54) is 6.07 Å². The van der Waals surface area contributed by atoms with Crippen LogP contribution in [0.15, 0.2) is 18.3 Å². The average Bonchev–Trinajstić information content (AvgIpc) is 2.40. The third-order valence-electron chi connectivity index (χ3n) is 3.79. The summed E-state index contributed by atoms with van der Waals surface area (Å²) in [6.45, 7) is 7.15. The number of carboxylic acid groups (broad SMARTS) is 1. The van der Waals surface area contributed by atoms with Gasteiger partial charge in [0.2, 0.25) is 0 Å². The summed E-state index contributed by atoms with van der Waals surface area (Å²) in [5, 5.41) is 12.5. The zero-order valence-corrected chi connectivity index (χ0v) is 11.5. The van der Waals surface area contributed by atoms with Gasteiger partial charge in [-0.2, -0.15) is 0 Å². The zero-order chi connectivity index (χ0) is 13.9. The molecule has 1 aromatic heterocycles. The second-order valence-corrected chi connectivity index (χ2v) is 5.29. The van der Waals surface area contributed by atoms with Crippen molar-refractivity contribution in [3.63, 3.8) is 0 Å². The third kappa shape index (κ3) is 3.23. The Balaban J connectivity index is 2.05. The van der Waals surface area contributed by atoms with E-state index in [1.54, 1.807) is 12.3 Å². The Morgan fingerprint density at radius 1 is 1.53 bits per heavy atom. The number of anilines is 1. The molecule has 5 nitrogen and oxygen atoms in total. The molecule has 0 amide bonds. The van der Waals surface area contributed by atoms with Crippen LogP contribution in [0.5, 0.6) is 0 Å². The normalized spacial score (nSPS) is 18.3. The molecule has 19 heavy (non-hydrogen) atoms. The monoisotopic (exact) mass is 263 g/mol. The smallest absolute Gasteiger partial charge is 0.335 e. The average molecular weight is 263 g/mol. The van der Waals surface area contributed by atoms with Gasteiger partial charge in [-0.3, -0.25) is 0 Å². The van der Waals surface area contributed by atoms with E-state index in [-0.39, 0.29) is 5.54 Å². The maximum atomic E-state index is 11.0. The summed E-state index contributed by atoms with van der Waals surface area (Å²) in [6.07, 6.45) is 3.65. The van der Waals surface area contributed by atoms with Gasteiger partial charge in [-0.05, 0) is 38.4 Å². The highest BCUT2D eigenvalue weighted by molar-refractivity contribution is 5.88. The van der Waals surface area contributed by atoms with E-state index in [1.807, 2.05) is 0 Å². The summed E-state index contributed by atoms with van der Waals surface area (Å²) in [7, 11) is 0. The minimum atomic E-state index is -0.904. The van der Waals surface area contributed by atoms with Gasteiger partial charge in [0.15, 0.2) is 0 Å². The van der Waals surface area contributed by atoms with Crippen LogP contribution in [0.25, 0.3) is 0 Å². The minimum absolute atomic E-state index is 0.190. The van der Waals surface area contributed by atoms with Crippen LogP contribution >= 0.6 is 0 Å². The van der Waals surface area contributed by atoms with Gasteiger partial charge >= 0.3 is 5.97 Å². The maximum Gasteiger partial charge on any atom is 0.335 e. The van der Waals surface area contributed by atoms with E-state index in [0.29, 0.717) is 5.56 Å². The first-order chi connectivity index (χ1) is 9.04. The fourth-order valence-corrected chi connectivity index (χ4v) is 2.56. The molecule has 1 aliphatic heterocycles. The van der Waals surface area contributed by atoms with E-state index in [2.05, 4.69) is 29.0 Å². The molecule has 0 bridgehead atoms. The standard InChI is InChI=1S/C14H21N3O2/c1-3-16-14(2)5-8-17(9-6-14)12-10-11(13(18)19)4-7-15-12/h4,7,10,16H,3,5-6,8-9H2,1-2H3,(H,18,19). The van der Waals surface area contributed by atoms with E-state index >= 15 is 0 Å². The van der Waals surface area contributed by atoms with Crippen LogP contribution in [0.1, 0.15) is 37.0 Å². The summed E-state index contributed by atoms with van der Waals surface area (Å²) in [5.41, 5.74) is 0.486. The van der Waals surface area contributed by atoms with Crippen LogP contribution in [0.2, 0.25) is 0 Å². The largest absolute Gasteiger partial charge is 0.478 e. The number of aromatic nitrogens is 1. The van der Waals surface area contributed by atoms with Crippen molar-refractivity contribution in [1.82, 2.24) is 10.3 Å². The number of piperidine rings is 1. The molecule has 5 heteroatoms. The van der Waals surface area contributed by atoms with Gasteiger partial charge in [0.05, 0.1) is 5.56 Å². The Bertz CT molecular complexity index is 454. The lowest BCUT2D eigenvalue weighted by Gasteiger charge is -2.40. The summed E-state index contributed by atoms with van der Waals surface area (Å²) in [5.74, 6) is -0.142. The molecule has 0 aliphatic carbocycles. The van der Waals surface area contributed by atoms with Gasteiger partial charge in [-0.25, -0.2) is 9.78 Å². The predicted molar refractivity (Wildman–Crippen MR) is 74.7 cm³/mol. The van der Waals surface area contributed by atoms with Gasteiger partial charge in [0.25, 0.3) is 0 Å². The molecule has 0 unspecified atom stereocenters. The number of hydrogen-bond donors (Lipinski definition) is 2. The number of aromatic carboxylic acids is 1. The number of rotatable bonds is 4. The van der Waals surface area contributed by atoms with Gasteiger partial charge < -0.3 is 15.3 Å². The molecule has 0 aromatic carbocycles. The van der Waals surface area contributed by atoms with Crippen LogP contribution in [-0.2, 0) is 0 Å². The second kappa shape index (κ2) is 5.57. The van der Waals surface area contributed by atoms with Gasteiger partial charge in [-0.1, -0.05) is 6.92 Å². The summed E-state index contributed by atoms with van der Waals surface area (Å²) < 4.78 is 0. The molecule has 1 fully saturated rings. The lowest BCUT2D eigenvalue weighted by molar-refractivity contribution is 0.0696. The van der Waals surface area contributed by atoms with E-state index < -0.39 is 5.97 Å². The van der Waals surface area contributed by atoms with Crippen molar-refractivity contribution < 1.29 is 9.90 Å². The van der Waals surface area contributed by atoms with E-state index in [4.69, 9.17) is 5.11 Å². The SMILES string of the molecule is CCNC1(C)CCN(c2cc(C(=O)O)ccn2)CC1. The third-order valence-corrected chi connectivity index (χ3v) is 3.79. The van der Waals surface area contributed by atoms with E-state index in [9.17, 15) is 4.79 Å². The summed E-state index contributed by atoms with van der Waals surface area (Å²) in [4.78, 5) is 17.4. The highest BCUT2D eigenvalue weighted by Gasteiger charge is 2.29. The summed E-state index contributed by atoms with van der Waals surface area (Å²) >= 11 is 0. The molecule has 1 aromatic rings. The number of carbonyl (C=O) groups is 1. The van der Waals surface area contributed by atoms with Crippen LogP contribution in [-0.4, -0.2) is 41.2 Å². The molecule has 2 rings (SSSR count). The van der Waals surface area contributed by atoms with Crippen molar-refractivity contribution in [3.05, 3.63) is 23.9 Å².